The van der Waals surface area contributed by atoms with Gasteiger partial charge in [-0.2, -0.15) is 5.10 Å². The molecule has 0 spiro atoms. The van der Waals surface area contributed by atoms with Gasteiger partial charge in [-0.15, -0.1) is 6.42 Å². The SMILES string of the molecule is C#CCN(C)C(=O)c1n[nH]c(C)c1N. The van der Waals surface area contributed by atoms with Crippen molar-refractivity contribution in [3.05, 3.63) is 11.4 Å². The van der Waals surface area contributed by atoms with Gasteiger partial charge in [0, 0.05) is 7.05 Å². The number of aromatic amines is 1. The lowest BCUT2D eigenvalue weighted by Gasteiger charge is -2.11. The Bertz CT molecular complexity index is 388. The van der Waals surface area contributed by atoms with Crippen molar-refractivity contribution in [1.82, 2.24) is 15.1 Å². The van der Waals surface area contributed by atoms with E-state index in [2.05, 4.69) is 16.1 Å². The van der Waals surface area contributed by atoms with E-state index in [4.69, 9.17) is 12.2 Å². The monoisotopic (exact) mass is 192 g/mol. The molecule has 0 saturated heterocycles. The van der Waals surface area contributed by atoms with Gasteiger partial charge in [0.1, 0.15) is 0 Å². The van der Waals surface area contributed by atoms with E-state index in [1.54, 1.807) is 14.0 Å². The average molecular weight is 192 g/mol. The fourth-order valence-corrected chi connectivity index (χ4v) is 0.990. The minimum atomic E-state index is -0.273. The molecule has 0 bridgehead atoms. The maximum atomic E-state index is 11.6. The molecule has 0 aliphatic heterocycles. The number of nitrogens with two attached hydrogens (primary N) is 1. The molecule has 74 valence electrons. The molecule has 1 heterocycles. The van der Waals surface area contributed by atoms with Crippen LogP contribution < -0.4 is 5.73 Å². The lowest BCUT2D eigenvalue weighted by molar-refractivity contribution is 0.0808. The zero-order valence-electron chi connectivity index (χ0n) is 8.16. The number of carbonyl (C=O) groups excluding carboxylic acids is 1. The molecule has 1 amide bonds. The number of hydrogen-bond donors (Lipinski definition) is 2. The highest BCUT2D eigenvalue weighted by molar-refractivity contribution is 5.97. The molecule has 1 aromatic heterocycles. The van der Waals surface area contributed by atoms with Crippen molar-refractivity contribution in [3.8, 4) is 12.3 Å². The Kier molecular flexibility index (Phi) is 2.77. The first-order valence-electron chi connectivity index (χ1n) is 4.07. The maximum Gasteiger partial charge on any atom is 0.277 e. The fourth-order valence-electron chi connectivity index (χ4n) is 0.990. The van der Waals surface area contributed by atoms with Gasteiger partial charge in [-0.3, -0.25) is 9.89 Å². The molecule has 0 atom stereocenters. The van der Waals surface area contributed by atoms with Crippen LogP contribution >= 0.6 is 0 Å². The Morgan fingerprint density at radius 2 is 2.43 bits per heavy atom. The number of aromatic nitrogens is 2. The molecule has 5 heteroatoms. The zero-order valence-corrected chi connectivity index (χ0v) is 8.16. The van der Waals surface area contributed by atoms with E-state index in [-0.39, 0.29) is 18.1 Å². The number of terminal acetylenes is 1. The van der Waals surface area contributed by atoms with E-state index in [0.29, 0.717) is 11.4 Å². The third-order valence-electron chi connectivity index (χ3n) is 1.87. The number of nitrogens with zero attached hydrogens (tertiary/aromatic N) is 2. The van der Waals surface area contributed by atoms with Gasteiger partial charge in [-0.25, -0.2) is 0 Å². The third kappa shape index (κ3) is 1.69. The van der Waals surface area contributed by atoms with Gasteiger partial charge in [0.05, 0.1) is 17.9 Å². The second kappa shape index (κ2) is 3.83. The van der Waals surface area contributed by atoms with Crippen molar-refractivity contribution in [2.24, 2.45) is 0 Å². The van der Waals surface area contributed by atoms with Crippen LogP contribution in [-0.2, 0) is 0 Å². The first-order chi connectivity index (χ1) is 6.57. The summed E-state index contributed by atoms with van der Waals surface area (Å²) < 4.78 is 0. The van der Waals surface area contributed by atoms with Crippen LogP contribution in [0.15, 0.2) is 0 Å². The molecule has 1 rings (SSSR count). The summed E-state index contributed by atoms with van der Waals surface area (Å²) in [5.41, 5.74) is 6.92. The van der Waals surface area contributed by atoms with Crippen molar-refractivity contribution in [1.29, 1.82) is 0 Å². The van der Waals surface area contributed by atoms with Gasteiger partial charge in [-0.1, -0.05) is 5.92 Å². The van der Waals surface area contributed by atoms with Crippen LogP contribution in [0.2, 0.25) is 0 Å². The minimum Gasteiger partial charge on any atom is -0.395 e. The second-order valence-corrected chi connectivity index (χ2v) is 2.98. The Morgan fingerprint density at radius 3 is 2.86 bits per heavy atom. The molecule has 5 nitrogen and oxygen atoms in total. The summed E-state index contributed by atoms with van der Waals surface area (Å²) in [6.07, 6.45) is 5.09. The topological polar surface area (TPSA) is 75.0 Å². The number of aryl methyl sites for hydroxylation is 1. The van der Waals surface area contributed by atoms with Crippen molar-refractivity contribution in [2.45, 2.75) is 6.92 Å². The summed E-state index contributed by atoms with van der Waals surface area (Å²) in [7, 11) is 1.60. The van der Waals surface area contributed by atoms with Crippen molar-refractivity contribution >= 4 is 11.6 Å². The van der Waals surface area contributed by atoms with Crippen LogP contribution in [0.5, 0.6) is 0 Å². The molecule has 14 heavy (non-hydrogen) atoms. The maximum absolute atomic E-state index is 11.6. The molecular weight excluding hydrogens is 180 g/mol. The first-order valence-corrected chi connectivity index (χ1v) is 4.07. The second-order valence-electron chi connectivity index (χ2n) is 2.98. The predicted molar refractivity (Wildman–Crippen MR) is 53.5 cm³/mol. The molecule has 0 unspecified atom stereocenters. The Labute approximate surface area is 82.3 Å². The zero-order chi connectivity index (χ0) is 10.7. The number of amides is 1. The van der Waals surface area contributed by atoms with Crippen molar-refractivity contribution in [3.63, 3.8) is 0 Å². The Morgan fingerprint density at radius 1 is 1.79 bits per heavy atom. The Hall–Kier alpha value is -1.96. The van der Waals surface area contributed by atoms with E-state index in [1.165, 1.54) is 4.90 Å². The highest BCUT2D eigenvalue weighted by Gasteiger charge is 2.18. The molecule has 0 aromatic carbocycles. The molecule has 0 aliphatic rings. The number of nitrogens with one attached hydrogen (secondary N) is 1. The van der Waals surface area contributed by atoms with E-state index >= 15 is 0 Å². The number of rotatable bonds is 2. The van der Waals surface area contributed by atoms with Crippen LogP contribution in [-0.4, -0.2) is 34.6 Å². The van der Waals surface area contributed by atoms with Crippen molar-refractivity contribution in [2.75, 3.05) is 19.3 Å². The number of anilines is 1. The third-order valence-corrected chi connectivity index (χ3v) is 1.87. The molecule has 0 saturated carbocycles. The standard InChI is InChI=1S/C9H12N4O/c1-4-5-13(3)9(14)8-7(10)6(2)11-12-8/h1H,5,10H2,2-3H3,(H,11,12). The van der Waals surface area contributed by atoms with E-state index < -0.39 is 0 Å². The van der Waals surface area contributed by atoms with E-state index in [9.17, 15) is 4.79 Å². The predicted octanol–water partition coefficient (Wildman–Crippen LogP) is 0.00552. The average Bonchev–Trinajstić information content (AvgIpc) is 2.47. The van der Waals surface area contributed by atoms with Gasteiger partial charge in [0.2, 0.25) is 0 Å². The summed E-state index contributed by atoms with van der Waals surface area (Å²) in [4.78, 5) is 13.0. The van der Waals surface area contributed by atoms with Gasteiger partial charge >= 0.3 is 0 Å². The first kappa shape index (κ1) is 10.1. The molecule has 0 fully saturated rings. The highest BCUT2D eigenvalue weighted by atomic mass is 16.2. The number of hydrogen-bond acceptors (Lipinski definition) is 3. The van der Waals surface area contributed by atoms with Crippen LogP contribution in [0.25, 0.3) is 0 Å². The van der Waals surface area contributed by atoms with Crippen LogP contribution in [0.3, 0.4) is 0 Å². The fraction of sp³-hybridized carbons (Fsp3) is 0.333. The number of nitrogen functional groups attached to an aromatic ring is 1. The molecular formula is C9H12N4O. The quantitative estimate of drug-likeness (QED) is 0.648. The van der Waals surface area contributed by atoms with Crippen LogP contribution in [0.1, 0.15) is 16.2 Å². The number of H-pyrrole nitrogens is 1. The van der Waals surface area contributed by atoms with Gasteiger partial charge in [-0.05, 0) is 6.92 Å². The summed E-state index contributed by atoms with van der Waals surface area (Å²) in [5.74, 6) is 2.10. The summed E-state index contributed by atoms with van der Waals surface area (Å²) in [6.45, 7) is 1.99. The van der Waals surface area contributed by atoms with Crippen LogP contribution in [0.4, 0.5) is 5.69 Å². The van der Waals surface area contributed by atoms with E-state index in [0.717, 1.165) is 0 Å². The molecule has 0 radical (unpaired) electrons. The lowest BCUT2D eigenvalue weighted by atomic mass is 10.3. The van der Waals surface area contributed by atoms with Gasteiger partial charge in [0.25, 0.3) is 5.91 Å². The van der Waals surface area contributed by atoms with E-state index in [1.807, 2.05) is 0 Å². The van der Waals surface area contributed by atoms with Crippen LogP contribution in [0, 0.1) is 19.3 Å². The summed E-state index contributed by atoms with van der Waals surface area (Å²) in [6, 6.07) is 0. The van der Waals surface area contributed by atoms with Gasteiger partial charge < -0.3 is 10.6 Å². The normalized spacial score (nSPS) is 9.50. The number of carbonyl (C=O) groups is 1. The minimum absolute atomic E-state index is 0.222. The largest absolute Gasteiger partial charge is 0.395 e. The smallest absolute Gasteiger partial charge is 0.277 e. The highest BCUT2D eigenvalue weighted by Crippen LogP contribution is 2.13. The van der Waals surface area contributed by atoms with Gasteiger partial charge in [0.15, 0.2) is 5.69 Å². The summed E-state index contributed by atoms with van der Waals surface area (Å²) in [5, 5.41) is 6.45. The van der Waals surface area contributed by atoms with Crippen molar-refractivity contribution < 1.29 is 4.79 Å². The Balaban J connectivity index is 2.91. The molecule has 0 aliphatic carbocycles. The molecule has 3 N–H and O–H groups in total. The molecule has 1 aromatic rings. The lowest BCUT2D eigenvalue weighted by Crippen LogP contribution is -2.27. The summed E-state index contributed by atoms with van der Waals surface area (Å²) >= 11 is 0.